The maximum absolute atomic E-state index is 14.2. The first-order chi connectivity index (χ1) is 26.4. The normalized spacial score (nSPS) is 21.6. The van der Waals surface area contributed by atoms with Crippen molar-refractivity contribution in [3.05, 3.63) is 95.4 Å². The number of methoxy groups -OCH3 is 1. The van der Waals surface area contributed by atoms with E-state index in [0.717, 1.165) is 41.5 Å². The topological polar surface area (TPSA) is 146 Å². The number of rotatable bonds is 10. The summed E-state index contributed by atoms with van der Waals surface area (Å²) in [4.78, 5) is 55.6. The Morgan fingerprint density at radius 1 is 0.965 bits per heavy atom. The van der Waals surface area contributed by atoms with Crippen LogP contribution in [-0.2, 0) is 25.5 Å². The molecular weight excluding hydrogens is 729 g/mol. The molecule has 3 aliphatic rings. The van der Waals surface area contributed by atoms with E-state index in [0.29, 0.717) is 67.9 Å². The number of hydrogen-bond donors (Lipinski definition) is 1. The van der Waals surface area contributed by atoms with E-state index in [2.05, 4.69) is 34.3 Å². The fourth-order valence-electron chi connectivity index (χ4n) is 7.98. The maximum Gasteiger partial charge on any atom is 2.00 e. The Morgan fingerprint density at radius 2 is 1.65 bits per heavy atom. The number of esters is 2. The van der Waals surface area contributed by atoms with Gasteiger partial charge in [-0.2, -0.15) is 5.70 Å². The Hall–Kier alpha value is -4.48. The molecule has 57 heavy (non-hydrogen) atoms. The van der Waals surface area contributed by atoms with Crippen molar-refractivity contribution in [1.29, 1.82) is 0 Å². The number of ether oxygens (including phenoxy) is 2. The number of nitrogens with zero attached hydrogens (tertiary/aromatic N) is 4. The number of aliphatic hydroxyl groups is 1. The molecule has 4 atom stereocenters. The van der Waals surface area contributed by atoms with Gasteiger partial charge >= 0.3 is 35.0 Å². The quantitative estimate of drug-likeness (QED) is 0.121. The van der Waals surface area contributed by atoms with Crippen LogP contribution in [0.2, 0.25) is 0 Å². The largest absolute Gasteiger partial charge is 2.00 e. The van der Waals surface area contributed by atoms with Crippen LogP contribution in [0.5, 0.6) is 0 Å². The second-order valence-corrected chi connectivity index (χ2v) is 14.6. The third-order valence-corrected chi connectivity index (χ3v) is 10.9. The standard InChI is InChI=1S/C42H46N4O6.C3H8.CH4.Mg/c1-9-12-21(4)15-16-52-35(48)14-13-27-23(6)30-17-29-22(5)25(10-2)32(43-29)19-34-28(20-47)26(11-3)33(44-34)18-31-24(7)36-40(46-31)37(39(27)45-30)38(41(36)49)42(50)51-8;1-3-2;;/h10,15,17-20,23,27,38-39H,2,9,11-14,16H2,1,3-8H3,(H,47,49);3H2,1-2H3;1H4;/q-4;;;+2/b21-15-,30-17-,34-19-;;;/t23-,27-,38+,39?;;;/m0.../s1. The number of aromatic nitrogens is 3. The third-order valence-electron chi connectivity index (χ3n) is 10.9. The van der Waals surface area contributed by atoms with Crippen LogP contribution in [0, 0.1) is 31.6 Å². The molecule has 0 saturated carbocycles. The van der Waals surface area contributed by atoms with Gasteiger partial charge in [0.25, 0.3) is 0 Å². The van der Waals surface area contributed by atoms with Crippen molar-refractivity contribution in [3.8, 4) is 0 Å². The molecule has 3 aromatic heterocycles. The Labute approximate surface area is 353 Å². The molecule has 1 saturated heterocycles. The molecule has 1 fully saturated rings. The van der Waals surface area contributed by atoms with Gasteiger partial charge in [-0.1, -0.05) is 120 Å². The van der Waals surface area contributed by atoms with Gasteiger partial charge < -0.3 is 34.8 Å². The zero-order chi connectivity index (χ0) is 40.1. The van der Waals surface area contributed by atoms with E-state index in [1.165, 1.54) is 19.1 Å². The zero-order valence-corrected chi connectivity index (χ0v) is 35.8. The smallest absolute Gasteiger partial charge is 0.681 e. The summed E-state index contributed by atoms with van der Waals surface area (Å²) in [6.45, 7) is 20.5. The van der Waals surface area contributed by atoms with Crippen molar-refractivity contribution < 1.29 is 29.0 Å². The van der Waals surface area contributed by atoms with Crippen LogP contribution in [0.4, 0.5) is 0 Å². The molecule has 3 aromatic rings. The number of Topliss-reactive ketones (excluding diaryl/α,β-unsaturated/α-hetero) is 1. The fourth-order valence-corrected chi connectivity index (χ4v) is 7.98. The fraction of sp³-hybridized carbons (Fsp3) is 0.457. The predicted molar refractivity (Wildman–Crippen MR) is 229 cm³/mol. The first kappa shape index (κ1) is 46.9. The van der Waals surface area contributed by atoms with E-state index in [1.54, 1.807) is 6.08 Å². The molecule has 0 amide bonds. The van der Waals surface area contributed by atoms with E-state index in [1.807, 2.05) is 52.0 Å². The molecule has 5 heterocycles. The molecular formula is C46H58MgN4O6-2. The van der Waals surface area contributed by atoms with Crippen LogP contribution >= 0.6 is 0 Å². The summed E-state index contributed by atoms with van der Waals surface area (Å²) >= 11 is 0. The molecule has 2 aliphatic heterocycles. The van der Waals surface area contributed by atoms with Gasteiger partial charge in [0.05, 0.1) is 13.4 Å². The van der Waals surface area contributed by atoms with Crippen LogP contribution in [0.1, 0.15) is 131 Å². The molecule has 0 radical (unpaired) electrons. The van der Waals surface area contributed by atoms with Crippen LogP contribution in [-0.4, -0.2) is 65.6 Å². The minimum Gasteiger partial charge on any atom is -0.681 e. The summed E-state index contributed by atoms with van der Waals surface area (Å²) in [5.41, 5.74) is 7.89. The van der Waals surface area contributed by atoms with Crippen molar-refractivity contribution in [3.63, 3.8) is 0 Å². The summed E-state index contributed by atoms with van der Waals surface area (Å²) in [6.07, 6.45) is 14.7. The summed E-state index contributed by atoms with van der Waals surface area (Å²) in [5, 5.41) is 17.7. The minimum atomic E-state index is -1.21. The number of carbonyl (C=O) groups is 3. The van der Waals surface area contributed by atoms with E-state index in [-0.39, 0.29) is 67.1 Å². The molecule has 1 aliphatic carbocycles. The molecule has 302 valence electrons. The van der Waals surface area contributed by atoms with E-state index >= 15 is 0 Å². The van der Waals surface area contributed by atoms with Gasteiger partial charge in [-0.15, -0.1) is 33.1 Å². The van der Waals surface area contributed by atoms with Crippen LogP contribution in [0.25, 0.3) is 41.5 Å². The monoisotopic (exact) mass is 786 g/mol. The van der Waals surface area contributed by atoms with Gasteiger partial charge in [0.1, 0.15) is 12.5 Å². The zero-order valence-electron chi connectivity index (χ0n) is 34.4. The SMILES string of the molecule is C.C=Cc1c2[n-]c(c1C)/C=C1\[N-]C(C3=c4[n-]/c(c(C)c4C(=O)[C@@H]3C(=O)OC)=C\c3[n-]c(/c(=C\O)c3CC)=C\2)[C@@H](CCC(=O)OC/C=C(/C)CCC)[C@@H]1C.CCC.[Mg+2]. The van der Waals surface area contributed by atoms with Crippen LogP contribution in [0.3, 0.4) is 0 Å². The Kier molecular flexibility index (Phi) is 16.7. The maximum atomic E-state index is 14.2. The summed E-state index contributed by atoms with van der Waals surface area (Å²) in [7, 11) is 1.27. The Bertz CT molecular complexity index is 2300. The second kappa shape index (κ2) is 20.3. The number of allylic oxidation sites excluding steroid dienone is 2. The molecule has 11 heteroatoms. The summed E-state index contributed by atoms with van der Waals surface area (Å²) in [6, 6.07) is -0.643. The Morgan fingerprint density at radius 3 is 2.26 bits per heavy atom. The van der Waals surface area contributed by atoms with Crippen molar-refractivity contribution in [2.24, 2.45) is 17.8 Å². The van der Waals surface area contributed by atoms with Gasteiger partial charge in [-0.3, -0.25) is 14.4 Å². The van der Waals surface area contributed by atoms with Crippen LogP contribution in [0.15, 0.2) is 23.9 Å². The van der Waals surface area contributed by atoms with E-state index in [9.17, 15) is 19.5 Å². The molecule has 0 spiro atoms. The Balaban J connectivity index is 0.00000169. The molecule has 6 rings (SSSR count). The van der Waals surface area contributed by atoms with Crippen molar-refractivity contribution in [2.45, 2.75) is 107 Å². The average molecular weight is 787 g/mol. The van der Waals surface area contributed by atoms with Gasteiger partial charge in [0.15, 0.2) is 5.78 Å². The summed E-state index contributed by atoms with van der Waals surface area (Å²) < 4.78 is 10.8. The minimum absolute atomic E-state index is 0. The van der Waals surface area contributed by atoms with Gasteiger partial charge in [0, 0.05) is 12.0 Å². The second-order valence-electron chi connectivity index (χ2n) is 14.6. The first-order valence-corrected chi connectivity index (χ1v) is 19.4. The number of carbonyl (C=O) groups excluding carboxylic acids is 3. The van der Waals surface area contributed by atoms with Gasteiger partial charge in [-0.25, -0.2) is 0 Å². The van der Waals surface area contributed by atoms with Gasteiger partial charge in [0.2, 0.25) is 0 Å². The average Bonchev–Trinajstić information content (AvgIpc) is 3.91. The summed E-state index contributed by atoms with van der Waals surface area (Å²) in [5.74, 6) is -3.03. The van der Waals surface area contributed by atoms with Crippen molar-refractivity contribution in [2.75, 3.05) is 13.7 Å². The van der Waals surface area contributed by atoms with E-state index < -0.39 is 17.9 Å². The first-order valence-electron chi connectivity index (χ1n) is 19.4. The van der Waals surface area contributed by atoms with Gasteiger partial charge in [-0.05, 0) is 68.7 Å². The number of aliphatic hydroxyl groups excluding tert-OH is 1. The molecule has 0 aromatic carbocycles. The predicted octanol–water partition coefficient (Wildman–Crippen LogP) is 5.57. The molecule has 10 nitrogen and oxygen atoms in total. The molecule has 8 bridgehead atoms. The number of ketones is 1. The molecule has 1 unspecified atom stereocenters. The van der Waals surface area contributed by atoms with E-state index in [4.69, 9.17) is 29.7 Å². The van der Waals surface area contributed by atoms with Crippen molar-refractivity contribution >= 4 is 76.9 Å². The third kappa shape index (κ3) is 9.15. The molecule has 1 N–H and O–H groups in total. The number of hydrogen-bond acceptors (Lipinski definition) is 6. The number of fused-ring (bicyclic) bond motifs is 8. The van der Waals surface area contributed by atoms with Crippen LogP contribution < -0.4 is 36.2 Å². The van der Waals surface area contributed by atoms with Crippen molar-refractivity contribution in [1.82, 2.24) is 15.0 Å².